The Bertz CT molecular complexity index is 812. The Morgan fingerprint density at radius 2 is 0.636 bits per heavy atom. The molecule has 0 N–H and O–H groups in total. The molecule has 0 nitrogen and oxygen atoms in total. The minimum atomic E-state index is -1.33. The Balaban J connectivity index is 1.40. The summed E-state index contributed by atoms with van der Waals surface area (Å²) in [6.07, 6.45) is 47.7. The van der Waals surface area contributed by atoms with Crippen LogP contribution in [-0.2, 0) is 0 Å². The van der Waals surface area contributed by atoms with Crippen molar-refractivity contribution in [2.45, 2.75) is 240 Å². The van der Waals surface area contributed by atoms with Crippen LogP contribution in [0.1, 0.15) is 206 Å². The summed E-state index contributed by atoms with van der Waals surface area (Å²) >= 11 is 0. The van der Waals surface area contributed by atoms with Crippen LogP contribution in [0.25, 0.3) is 0 Å². The zero-order valence-corrected chi connectivity index (χ0v) is 31.6. The number of hydrogen-bond acceptors (Lipinski definition) is 0. The fourth-order valence-electron chi connectivity index (χ4n) is 12.6. The van der Waals surface area contributed by atoms with Crippen molar-refractivity contribution in [3.05, 3.63) is 0 Å². The van der Waals surface area contributed by atoms with E-state index in [2.05, 4.69) is 19.8 Å². The van der Waals surface area contributed by atoms with Gasteiger partial charge in [0, 0.05) is 7.26 Å². The normalized spacial score (nSPS) is 27.6. The molecule has 0 amide bonds. The molecule has 0 aromatic heterocycles. The second-order valence-electron chi connectivity index (χ2n) is 17.9. The van der Waals surface area contributed by atoms with Crippen molar-refractivity contribution in [2.75, 3.05) is 6.16 Å². The third-order valence-electron chi connectivity index (χ3n) is 14.6. The lowest BCUT2D eigenvalue weighted by atomic mass is 9.97. The molecule has 6 fully saturated rings. The van der Waals surface area contributed by atoms with Crippen LogP contribution in [0, 0.1) is 17.0 Å². The van der Waals surface area contributed by atoms with Crippen LogP contribution in [0.2, 0.25) is 0 Å². The van der Waals surface area contributed by atoms with Crippen molar-refractivity contribution in [1.82, 2.24) is 0 Å². The van der Waals surface area contributed by atoms with Gasteiger partial charge in [0.05, 0.1) is 51.2 Å². The second-order valence-corrected chi connectivity index (χ2v) is 26.4. The van der Waals surface area contributed by atoms with Crippen LogP contribution in [0.15, 0.2) is 0 Å². The minimum absolute atomic E-state index is 0.212. The SMILES string of the molecule is CC(C)(C#C[P+](C1CCCCC1)(C1CCCCC1)C1CCCCC1)C[P+](C1CCCCC1)(C1CCCCC1)C1CCCCC1. The highest BCUT2D eigenvalue weighted by Gasteiger charge is 2.60. The fourth-order valence-corrected chi connectivity index (χ4v) is 27.1. The predicted molar refractivity (Wildman–Crippen MR) is 202 cm³/mol. The van der Waals surface area contributed by atoms with E-state index in [1.165, 1.54) is 116 Å². The van der Waals surface area contributed by atoms with E-state index in [1.54, 1.807) is 83.2 Å². The van der Waals surface area contributed by atoms with Gasteiger partial charge in [-0.3, -0.25) is 0 Å². The van der Waals surface area contributed by atoms with E-state index in [9.17, 15) is 0 Å². The second kappa shape index (κ2) is 16.2. The summed E-state index contributed by atoms with van der Waals surface area (Å²) in [5, 5.41) is 0. The van der Waals surface area contributed by atoms with Gasteiger partial charge in [-0.05, 0) is 168 Å². The Hall–Kier alpha value is 0.420. The maximum atomic E-state index is 4.69. The van der Waals surface area contributed by atoms with E-state index in [4.69, 9.17) is 5.66 Å². The van der Waals surface area contributed by atoms with E-state index in [1.807, 2.05) is 0 Å². The molecular weight excluding hydrogens is 566 g/mol. The molecule has 0 aromatic rings. The Morgan fingerprint density at radius 1 is 0.386 bits per heavy atom. The average Bonchev–Trinajstić information content (AvgIpc) is 3.10. The van der Waals surface area contributed by atoms with Gasteiger partial charge in [0.15, 0.2) is 0 Å². The third-order valence-corrected chi connectivity index (χ3v) is 27.2. The lowest BCUT2D eigenvalue weighted by molar-refractivity contribution is 0.440. The first kappa shape index (κ1) is 34.3. The standard InChI is InChI=1S/C42H74P2/c1-42(2,35-44(39-27-15-6-16-28-39,40-29-17-7-18-30-40)41-31-19-8-20-32-41)33-34-43(36-21-9-3-10-22-36,37-23-11-4-12-24-37)38-25-13-5-14-26-38/h36-41H,3-32,35H2,1-2H3/q+2. The van der Waals surface area contributed by atoms with Crippen LogP contribution < -0.4 is 0 Å². The molecule has 0 heterocycles. The fraction of sp³-hybridized carbons (Fsp3) is 0.952. The molecule has 6 saturated carbocycles. The lowest BCUT2D eigenvalue weighted by Gasteiger charge is -2.51. The average molecular weight is 641 g/mol. The molecule has 0 aliphatic heterocycles. The molecule has 250 valence electrons. The molecule has 6 aliphatic carbocycles. The van der Waals surface area contributed by atoms with Gasteiger partial charge in [-0.25, -0.2) is 0 Å². The molecule has 6 aliphatic rings. The summed E-state index contributed by atoms with van der Waals surface area (Å²) in [7, 11) is -2.44. The van der Waals surface area contributed by atoms with Crippen molar-refractivity contribution < 1.29 is 0 Å². The highest BCUT2D eigenvalue weighted by Crippen LogP contribution is 2.80. The monoisotopic (exact) mass is 641 g/mol. The Kier molecular flexibility index (Phi) is 12.6. The largest absolute Gasteiger partial charge is 0.101 e. The van der Waals surface area contributed by atoms with Gasteiger partial charge in [0.1, 0.15) is 7.26 Å². The first-order chi connectivity index (χ1) is 21.5. The van der Waals surface area contributed by atoms with Crippen molar-refractivity contribution in [3.63, 3.8) is 0 Å². The molecule has 2 heteroatoms. The van der Waals surface area contributed by atoms with E-state index in [0.29, 0.717) is 0 Å². The van der Waals surface area contributed by atoms with Gasteiger partial charge in [-0.15, -0.1) is 0 Å². The molecule has 0 spiro atoms. The van der Waals surface area contributed by atoms with Crippen LogP contribution in [0.5, 0.6) is 0 Å². The zero-order valence-electron chi connectivity index (χ0n) is 29.8. The summed E-state index contributed by atoms with van der Waals surface area (Å²) in [5.41, 5.74) is 11.2. The number of hydrogen-bond donors (Lipinski definition) is 0. The van der Waals surface area contributed by atoms with Gasteiger partial charge in [-0.1, -0.05) is 44.4 Å². The summed E-state index contributed by atoms with van der Waals surface area (Å²) in [4.78, 5) is 0. The molecule has 0 bridgehead atoms. The van der Waals surface area contributed by atoms with Crippen molar-refractivity contribution in [2.24, 2.45) is 5.41 Å². The highest BCUT2D eigenvalue weighted by molar-refractivity contribution is 7.82. The lowest BCUT2D eigenvalue weighted by Crippen LogP contribution is -2.40. The van der Waals surface area contributed by atoms with Gasteiger partial charge in [0.25, 0.3) is 0 Å². The van der Waals surface area contributed by atoms with E-state index in [0.717, 1.165) is 34.0 Å². The molecule has 0 unspecified atom stereocenters. The van der Waals surface area contributed by atoms with Gasteiger partial charge < -0.3 is 0 Å². The smallest absolute Gasteiger partial charge is 0.0530 e. The third kappa shape index (κ3) is 7.67. The molecule has 0 atom stereocenters. The van der Waals surface area contributed by atoms with E-state index >= 15 is 0 Å². The highest BCUT2D eigenvalue weighted by atomic mass is 31.2. The topological polar surface area (TPSA) is 0 Å². The molecule has 6 rings (SSSR count). The molecular formula is C42H74P2+2. The Labute approximate surface area is 277 Å². The van der Waals surface area contributed by atoms with Crippen LogP contribution >= 0.6 is 14.5 Å². The maximum absolute atomic E-state index is 4.69. The predicted octanol–water partition coefficient (Wildman–Crippen LogP) is 14.0. The molecule has 0 aromatic carbocycles. The van der Waals surface area contributed by atoms with Crippen molar-refractivity contribution >= 4 is 14.5 Å². The Morgan fingerprint density at radius 3 is 0.909 bits per heavy atom. The summed E-state index contributed by atoms with van der Waals surface area (Å²) < 4.78 is 0. The summed E-state index contributed by atoms with van der Waals surface area (Å²) in [6, 6.07) is 0. The van der Waals surface area contributed by atoms with Gasteiger partial charge >= 0.3 is 0 Å². The number of rotatable bonds is 8. The maximum Gasteiger partial charge on any atom is 0.101 e. The molecule has 44 heavy (non-hydrogen) atoms. The van der Waals surface area contributed by atoms with Crippen LogP contribution in [0.3, 0.4) is 0 Å². The molecule has 0 saturated heterocycles. The molecule has 0 radical (unpaired) electrons. The van der Waals surface area contributed by atoms with E-state index < -0.39 is 14.5 Å². The zero-order chi connectivity index (χ0) is 30.3. The minimum Gasteiger partial charge on any atom is -0.0530 e. The summed E-state index contributed by atoms with van der Waals surface area (Å²) in [6.45, 7) is 5.42. The first-order valence-corrected chi connectivity index (χ1v) is 25.0. The van der Waals surface area contributed by atoms with E-state index in [-0.39, 0.29) is 5.41 Å². The quantitative estimate of drug-likeness (QED) is 0.183. The van der Waals surface area contributed by atoms with Crippen LogP contribution in [0.4, 0.5) is 0 Å². The van der Waals surface area contributed by atoms with Crippen molar-refractivity contribution in [1.29, 1.82) is 0 Å². The van der Waals surface area contributed by atoms with Crippen molar-refractivity contribution in [3.8, 4) is 11.6 Å². The van der Waals surface area contributed by atoms with Gasteiger partial charge in [-0.2, -0.15) is 0 Å². The first-order valence-electron chi connectivity index (χ1n) is 20.8. The van der Waals surface area contributed by atoms with Crippen LogP contribution in [-0.4, -0.2) is 40.1 Å². The van der Waals surface area contributed by atoms with Gasteiger partial charge in [0.2, 0.25) is 0 Å². The summed E-state index contributed by atoms with van der Waals surface area (Å²) in [5.74, 6) is 4.49.